The first-order chi connectivity index (χ1) is 9.15. The van der Waals surface area contributed by atoms with Gasteiger partial charge >= 0.3 is 0 Å². The fourth-order valence-electron chi connectivity index (χ4n) is 2.91. The van der Waals surface area contributed by atoms with Crippen molar-refractivity contribution in [3.8, 4) is 11.1 Å². The SMILES string of the molecule is Cc1ccc(Cl)cc1-c1ccc2c(c1)C(N)CCC2. The van der Waals surface area contributed by atoms with Gasteiger partial charge in [-0.1, -0.05) is 29.8 Å². The van der Waals surface area contributed by atoms with Crippen LogP contribution in [0.1, 0.15) is 35.6 Å². The molecular weight excluding hydrogens is 254 g/mol. The van der Waals surface area contributed by atoms with Crippen LogP contribution < -0.4 is 5.73 Å². The van der Waals surface area contributed by atoms with Crippen molar-refractivity contribution in [3.05, 3.63) is 58.1 Å². The van der Waals surface area contributed by atoms with E-state index in [1.165, 1.54) is 34.2 Å². The quantitative estimate of drug-likeness (QED) is 0.803. The molecule has 1 aliphatic rings. The minimum Gasteiger partial charge on any atom is -0.324 e. The normalized spacial score (nSPS) is 18.2. The van der Waals surface area contributed by atoms with Crippen molar-refractivity contribution in [3.63, 3.8) is 0 Å². The zero-order valence-corrected chi connectivity index (χ0v) is 11.9. The van der Waals surface area contributed by atoms with Gasteiger partial charge in [-0.2, -0.15) is 0 Å². The molecule has 0 heterocycles. The van der Waals surface area contributed by atoms with E-state index >= 15 is 0 Å². The summed E-state index contributed by atoms with van der Waals surface area (Å²) in [5.74, 6) is 0. The van der Waals surface area contributed by atoms with Crippen molar-refractivity contribution in [1.29, 1.82) is 0 Å². The van der Waals surface area contributed by atoms with Gasteiger partial charge in [-0.25, -0.2) is 0 Å². The Kier molecular flexibility index (Phi) is 3.34. The molecule has 2 N–H and O–H groups in total. The lowest BCUT2D eigenvalue weighted by Crippen LogP contribution is -2.17. The van der Waals surface area contributed by atoms with Gasteiger partial charge in [0.05, 0.1) is 0 Å². The molecular formula is C17H18ClN. The van der Waals surface area contributed by atoms with Gasteiger partial charge < -0.3 is 5.73 Å². The monoisotopic (exact) mass is 271 g/mol. The molecule has 3 rings (SSSR count). The molecule has 0 saturated heterocycles. The van der Waals surface area contributed by atoms with Crippen LogP contribution in [0, 0.1) is 6.92 Å². The summed E-state index contributed by atoms with van der Waals surface area (Å²) in [6, 6.07) is 12.9. The molecule has 2 aromatic carbocycles. The zero-order valence-electron chi connectivity index (χ0n) is 11.1. The number of fused-ring (bicyclic) bond motifs is 1. The van der Waals surface area contributed by atoms with Gasteiger partial charge in [0.15, 0.2) is 0 Å². The van der Waals surface area contributed by atoms with Crippen LogP contribution in [0.4, 0.5) is 0 Å². The van der Waals surface area contributed by atoms with E-state index in [0.29, 0.717) is 0 Å². The number of hydrogen-bond donors (Lipinski definition) is 1. The fraction of sp³-hybridized carbons (Fsp3) is 0.294. The van der Waals surface area contributed by atoms with Gasteiger partial charge in [-0.15, -0.1) is 0 Å². The second-order valence-electron chi connectivity index (χ2n) is 5.37. The van der Waals surface area contributed by atoms with Crippen LogP contribution >= 0.6 is 11.6 Å². The first kappa shape index (κ1) is 12.7. The Morgan fingerprint density at radius 2 is 2.00 bits per heavy atom. The number of nitrogens with two attached hydrogens (primary N) is 1. The number of rotatable bonds is 1. The second kappa shape index (κ2) is 4.99. The predicted octanol–water partition coefficient (Wildman–Crippen LogP) is 4.65. The Balaban J connectivity index is 2.11. The van der Waals surface area contributed by atoms with E-state index in [-0.39, 0.29) is 6.04 Å². The van der Waals surface area contributed by atoms with Crippen molar-refractivity contribution < 1.29 is 0 Å². The molecule has 2 aromatic rings. The molecule has 0 aliphatic heterocycles. The molecule has 0 aromatic heterocycles. The number of hydrogen-bond acceptors (Lipinski definition) is 1. The topological polar surface area (TPSA) is 26.0 Å². The van der Waals surface area contributed by atoms with Gasteiger partial charge in [0.2, 0.25) is 0 Å². The van der Waals surface area contributed by atoms with Crippen molar-refractivity contribution in [2.24, 2.45) is 5.73 Å². The maximum atomic E-state index is 6.24. The highest BCUT2D eigenvalue weighted by atomic mass is 35.5. The molecule has 0 spiro atoms. The van der Waals surface area contributed by atoms with E-state index in [4.69, 9.17) is 17.3 Å². The van der Waals surface area contributed by atoms with Crippen LogP contribution in [0.15, 0.2) is 36.4 Å². The predicted molar refractivity (Wildman–Crippen MR) is 81.5 cm³/mol. The molecule has 0 radical (unpaired) electrons. The number of halogens is 1. The largest absolute Gasteiger partial charge is 0.324 e. The van der Waals surface area contributed by atoms with Crippen molar-refractivity contribution in [1.82, 2.24) is 0 Å². The third-order valence-corrected chi connectivity index (χ3v) is 4.25. The van der Waals surface area contributed by atoms with Crippen LogP contribution in [0.25, 0.3) is 11.1 Å². The summed E-state index contributed by atoms with van der Waals surface area (Å²) in [6.07, 6.45) is 3.44. The highest BCUT2D eigenvalue weighted by Gasteiger charge is 2.17. The van der Waals surface area contributed by atoms with E-state index in [9.17, 15) is 0 Å². The van der Waals surface area contributed by atoms with E-state index < -0.39 is 0 Å². The maximum absolute atomic E-state index is 6.24. The third kappa shape index (κ3) is 2.41. The molecule has 0 saturated carbocycles. The van der Waals surface area contributed by atoms with E-state index in [2.05, 4.69) is 31.2 Å². The smallest absolute Gasteiger partial charge is 0.0412 e. The van der Waals surface area contributed by atoms with Crippen molar-refractivity contribution >= 4 is 11.6 Å². The first-order valence-corrected chi connectivity index (χ1v) is 7.18. The highest BCUT2D eigenvalue weighted by Crippen LogP contribution is 2.33. The van der Waals surface area contributed by atoms with Gasteiger partial charge in [0.25, 0.3) is 0 Å². The van der Waals surface area contributed by atoms with Gasteiger partial charge in [0.1, 0.15) is 0 Å². The highest BCUT2D eigenvalue weighted by molar-refractivity contribution is 6.30. The lowest BCUT2D eigenvalue weighted by molar-refractivity contribution is 0.571. The Hall–Kier alpha value is -1.31. The van der Waals surface area contributed by atoms with Crippen LogP contribution in [0.2, 0.25) is 5.02 Å². The summed E-state index contributed by atoms with van der Waals surface area (Å²) in [4.78, 5) is 0. The minimum absolute atomic E-state index is 0.184. The number of benzene rings is 2. The molecule has 19 heavy (non-hydrogen) atoms. The summed E-state index contributed by atoms with van der Waals surface area (Å²) in [5, 5.41) is 0.780. The average Bonchev–Trinajstić information content (AvgIpc) is 2.42. The lowest BCUT2D eigenvalue weighted by Gasteiger charge is -2.23. The summed E-state index contributed by atoms with van der Waals surface area (Å²) in [6.45, 7) is 2.12. The van der Waals surface area contributed by atoms with Gasteiger partial charge in [-0.05, 0) is 72.2 Å². The van der Waals surface area contributed by atoms with Crippen LogP contribution in [-0.2, 0) is 6.42 Å². The van der Waals surface area contributed by atoms with E-state index in [1.54, 1.807) is 0 Å². The molecule has 1 nitrogen and oxygen atoms in total. The number of aryl methyl sites for hydroxylation is 2. The fourth-order valence-corrected chi connectivity index (χ4v) is 3.08. The average molecular weight is 272 g/mol. The molecule has 1 aliphatic carbocycles. The van der Waals surface area contributed by atoms with E-state index in [0.717, 1.165) is 17.9 Å². The molecule has 1 atom stereocenters. The Bertz CT molecular complexity index is 619. The second-order valence-corrected chi connectivity index (χ2v) is 5.81. The van der Waals surface area contributed by atoms with Gasteiger partial charge in [0, 0.05) is 11.1 Å². The van der Waals surface area contributed by atoms with Gasteiger partial charge in [-0.3, -0.25) is 0 Å². The molecule has 0 amide bonds. The summed E-state index contributed by atoms with van der Waals surface area (Å²) < 4.78 is 0. The zero-order chi connectivity index (χ0) is 13.4. The summed E-state index contributed by atoms with van der Waals surface area (Å²) >= 11 is 6.11. The third-order valence-electron chi connectivity index (χ3n) is 4.02. The van der Waals surface area contributed by atoms with Crippen molar-refractivity contribution in [2.75, 3.05) is 0 Å². The molecule has 1 unspecified atom stereocenters. The minimum atomic E-state index is 0.184. The van der Waals surface area contributed by atoms with Crippen LogP contribution in [0.5, 0.6) is 0 Å². The van der Waals surface area contributed by atoms with E-state index in [1.807, 2.05) is 12.1 Å². The standard InChI is InChI=1S/C17H18ClN/c1-11-5-8-14(18)10-15(11)13-7-6-12-3-2-4-17(19)16(12)9-13/h5-10,17H,2-4,19H2,1H3. The summed E-state index contributed by atoms with van der Waals surface area (Å²) in [7, 11) is 0. The molecule has 0 fully saturated rings. The van der Waals surface area contributed by atoms with Crippen molar-refractivity contribution in [2.45, 2.75) is 32.2 Å². The lowest BCUT2D eigenvalue weighted by atomic mass is 9.85. The Morgan fingerprint density at radius 3 is 2.84 bits per heavy atom. The Morgan fingerprint density at radius 1 is 1.16 bits per heavy atom. The summed E-state index contributed by atoms with van der Waals surface area (Å²) in [5.41, 5.74) is 12.6. The molecule has 0 bridgehead atoms. The maximum Gasteiger partial charge on any atom is 0.0412 e. The van der Waals surface area contributed by atoms with Crippen LogP contribution in [0.3, 0.4) is 0 Å². The Labute approximate surface area is 119 Å². The molecule has 2 heteroatoms. The van der Waals surface area contributed by atoms with Crippen LogP contribution in [-0.4, -0.2) is 0 Å². The molecule has 98 valence electrons. The first-order valence-electron chi connectivity index (χ1n) is 6.80.